The predicted molar refractivity (Wildman–Crippen MR) is 109 cm³/mol. The fourth-order valence-corrected chi connectivity index (χ4v) is 5.41. The first-order valence-corrected chi connectivity index (χ1v) is 10.2. The number of carbonyl (C=O) groups is 1. The van der Waals surface area contributed by atoms with Gasteiger partial charge in [-0.1, -0.05) is 53.3 Å². The fraction of sp³-hybridized carbons (Fsp3) is 0.158. The fourth-order valence-electron chi connectivity index (χ4n) is 2.65. The molecule has 0 unspecified atom stereocenters. The molecule has 0 N–H and O–H groups in total. The van der Waals surface area contributed by atoms with Gasteiger partial charge in [-0.3, -0.25) is 9.69 Å². The summed E-state index contributed by atoms with van der Waals surface area (Å²) in [6.07, 6.45) is 0. The van der Waals surface area contributed by atoms with E-state index in [0.717, 1.165) is 19.7 Å². The van der Waals surface area contributed by atoms with Gasteiger partial charge in [-0.2, -0.15) is 4.99 Å². The van der Waals surface area contributed by atoms with Crippen molar-refractivity contribution in [3.05, 3.63) is 57.5 Å². The molecule has 2 aliphatic rings. The summed E-state index contributed by atoms with van der Waals surface area (Å²) in [5.74, 6) is 0.718. The van der Waals surface area contributed by atoms with Gasteiger partial charge in [-0.05, 0) is 31.2 Å². The van der Waals surface area contributed by atoms with Crippen LogP contribution in [0.5, 0.6) is 5.75 Å². The summed E-state index contributed by atoms with van der Waals surface area (Å²) < 4.78 is 11.9. The molecule has 2 aromatic carbocycles. The second kappa shape index (κ2) is 7.50. The topological polar surface area (TPSA) is 51.1 Å². The Bertz CT molecular complexity index is 976. The van der Waals surface area contributed by atoms with Crippen LogP contribution in [0.3, 0.4) is 0 Å². The summed E-state index contributed by atoms with van der Waals surface area (Å²) in [6, 6.07) is 13.4. The van der Waals surface area contributed by atoms with E-state index < -0.39 is 0 Å². The number of carbonyl (C=O) groups excluding carboxylic acids is 1. The highest BCUT2D eigenvalue weighted by atomic mass is 35.5. The van der Waals surface area contributed by atoms with Crippen molar-refractivity contribution in [2.24, 2.45) is 4.99 Å². The molecule has 0 atom stereocenters. The molecule has 8 heteroatoms. The Labute approximate surface area is 170 Å². The van der Waals surface area contributed by atoms with Crippen LogP contribution < -0.4 is 4.74 Å². The van der Waals surface area contributed by atoms with Gasteiger partial charge in [0.1, 0.15) is 5.75 Å². The predicted octanol–water partition coefficient (Wildman–Crippen LogP) is 5.28. The summed E-state index contributed by atoms with van der Waals surface area (Å²) in [5, 5.41) is 0.538. The Kier molecular flexibility index (Phi) is 5.08. The number of fused-ring (bicyclic) bond motifs is 1. The van der Waals surface area contributed by atoms with Crippen LogP contribution >= 0.6 is 35.1 Å². The van der Waals surface area contributed by atoms with Crippen molar-refractivity contribution in [2.75, 3.05) is 13.7 Å². The smallest absolute Gasteiger partial charge is 0.305 e. The average molecular weight is 419 g/mol. The maximum Gasteiger partial charge on any atom is 0.305 e. The van der Waals surface area contributed by atoms with Gasteiger partial charge in [0.05, 0.1) is 22.1 Å². The van der Waals surface area contributed by atoms with E-state index in [2.05, 4.69) is 4.99 Å². The molecular formula is C19H15ClN2O3S2. The van der Waals surface area contributed by atoms with Crippen LogP contribution in [0.15, 0.2) is 67.2 Å². The monoisotopic (exact) mass is 418 g/mol. The van der Waals surface area contributed by atoms with Crippen LogP contribution in [0.1, 0.15) is 6.92 Å². The van der Waals surface area contributed by atoms with Gasteiger partial charge in [0.2, 0.25) is 5.76 Å². The molecule has 138 valence electrons. The average Bonchev–Trinajstić information content (AvgIpc) is 3.21. The molecule has 1 fully saturated rings. The maximum atomic E-state index is 12.9. The van der Waals surface area contributed by atoms with Crippen molar-refractivity contribution < 1.29 is 14.3 Å². The van der Waals surface area contributed by atoms with E-state index in [0.29, 0.717) is 29.1 Å². The molecule has 2 aromatic rings. The van der Waals surface area contributed by atoms with E-state index in [-0.39, 0.29) is 5.91 Å². The summed E-state index contributed by atoms with van der Waals surface area (Å²) in [7, 11) is 1.58. The normalized spacial score (nSPS) is 20.2. The molecule has 0 aromatic heterocycles. The maximum absolute atomic E-state index is 12.9. The second-order valence-electron chi connectivity index (χ2n) is 5.64. The Hall–Kier alpha value is -2.09. The zero-order valence-electron chi connectivity index (χ0n) is 14.6. The Balaban J connectivity index is 1.68. The van der Waals surface area contributed by atoms with Crippen LogP contribution in [0, 0.1) is 0 Å². The minimum Gasteiger partial charge on any atom is -0.495 e. The Morgan fingerprint density at radius 1 is 1.19 bits per heavy atom. The number of ether oxygens (including phenoxy) is 2. The molecule has 2 heterocycles. The number of aliphatic imine (C=N–C) groups is 1. The zero-order valence-corrected chi connectivity index (χ0v) is 17.0. The molecule has 0 aliphatic carbocycles. The number of halogens is 1. The molecule has 5 nitrogen and oxygen atoms in total. The second-order valence-corrected chi connectivity index (χ2v) is 8.41. The number of thioether (sulfide) groups is 2. The minimum atomic E-state index is -0.187. The first-order chi connectivity index (χ1) is 13.1. The number of methoxy groups -OCH3 is 1. The molecule has 2 aliphatic heterocycles. The first kappa shape index (κ1) is 18.3. The highest BCUT2D eigenvalue weighted by molar-refractivity contribution is 8.24. The van der Waals surface area contributed by atoms with Crippen molar-refractivity contribution >= 4 is 52.7 Å². The van der Waals surface area contributed by atoms with E-state index in [1.807, 2.05) is 49.4 Å². The van der Waals surface area contributed by atoms with Crippen LogP contribution in [0.2, 0.25) is 5.02 Å². The lowest BCUT2D eigenvalue weighted by atomic mass is 10.3. The SMILES string of the molecule is CCN1C(=O)/C(=C2/Sc3cc(Cl)c(OC)cc3S2)OC1=Nc1ccccc1. The van der Waals surface area contributed by atoms with Gasteiger partial charge in [-0.25, -0.2) is 0 Å². The van der Waals surface area contributed by atoms with Gasteiger partial charge in [0.15, 0.2) is 0 Å². The molecule has 27 heavy (non-hydrogen) atoms. The van der Waals surface area contributed by atoms with Crippen molar-refractivity contribution in [1.29, 1.82) is 0 Å². The number of nitrogens with zero attached hydrogens (tertiary/aromatic N) is 2. The first-order valence-electron chi connectivity index (χ1n) is 8.21. The van der Waals surface area contributed by atoms with Crippen LogP contribution in [0.25, 0.3) is 0 Å². The lowest BCUT2D eigenvalue weighted by Gasteiger charge is -2.09. The van der Waals surface area contributed by atoms with Crippen molar-refractivity contribution in [2.45, 2.75) is 16.7 Å². The van der Waals surface area contributed by atoms with Crippen LogP contribution in [-0.4, -0.2) is 30.5 Å². The van der Waals surface area contributed by atoms with E-state index in [1.54, 1.807) is 7.11 Å². The molecule has 0 spiro atoms. The highest BCUT2D eigenvalue weighted by Gasteiger charge is 2.38. The lowest BCUT2D eigenvalue weighted by molar-refractivity contribution is -0.122. The van der Waals surface area contributed by atoms with Gasteiger partial charge in [0, 0.05) is 16.3 Å². The van der Waals surface area contributed by atoms with Gasteiger partial charge >= 0.3 is 6.02 Å². The molecular weight excluding hydrogens is 404 g/mol. The van der Waals surface area contributed by atoms with Crippen molar-refractivity contribution in [3.8, 4) is 5.75 Å². The van der Waals surface area contributed by atoms with E-state index in [4.69, 9.17) is 21.1 Å². The summed E-state index contributed by atoms with van der Waals surface area (Å²) in [6.45, 7) is 2.37. The quantitative estimate of drug-likeness (QED) is 0.634. The number of para-hydroxylation sites is 1. The van der Waals surface area contributed by atoms with E-state index in [9.17, 15) is 4.79 Å². The van der Waals surface area contributed by atoms with Crippen LogP contribution in [0.4, 0.5) is 5.69 Å². The largest absolute Gasteiger partial charge is 0.495 e. The number of amides is 1. The van der Waals surface area contributed by atoms with Gasteiger partial charge in [-0.15, -0.1) is 0 Å². The lowest BCUT2D eigenvalue weighted by Crippen LogP contribution is -2.29. The molecule has 0 saturated carbocycles. The minimum absolute atomic E-state index is 0.187. The number of hydrogen-bond donors (Lipinski definition) is 0. The molecule has 1 saturated heterocycles. The van der Waals surface area contributed by atoms with Crippen molar-refractivity contribution in [1.82, 2.24) is 4.90 Å². The molecule has 0 bridgehead atoms. The zero-order chi connectivity index (χ0) is 19.0. The highest BCUT2D eigenvalue weighted by Crippen LogP contribution is 2.55. The molecule has 4 rings (SSSR count). The van der Waals surface area contributed by atoms with Gasteiger partial charge in [0.25, 0.3) is 5.91 Å². The molecule has 1 amide bonds. The number of benzene rings is 2. The standard InChI is InChI=1S/C19H15ClN2O3S2/c1-3-22-17(23)16(25-19(22)21-11-7-5-4-6-8-11)18-26-14-9-12(20)13(24-2)10-15(14)27-18/h4-10H,3H2,1-2H3/b18-16+,21-19?. The number of likely N-dealkylation sites (N-methyl/N-ethyl adjacent to an activating group) is 1. The summed E-state index contributed by atoms with van der Waals surface area (Å²) in [4.78, 5) is 20.8. The summed E-state index contributed by atoms with van der Waals surface area (Å²) >= 11 is 9.15. The van der Waals surface area contributed by atoms with Crippen molar-refractivity contribution in [3.63, 3.8) is 0 Å². The Morgan fingerprint density at radius 3 is 2.56 bits per heavy atom. The van der Waals surface area contributed by atoms with E-state index in [1.165, 1.54) is 28.4 Å². The number of amidine groups is 1. The summed E-state index contributed by atoms with van der Waals surface area (Å²) in [5.41, 5.74) is 0.733. The third-order valence-electron chi connectivity index (χ3n) is 3.97. The van der Waals surface area contributed by atoms with Gasteiger partial charge < -0.3 is 9.47 Å². The Morgan fingerprint density at radius 2 is 1.89 bits per heavy atom. The third kappa shape index (κ3) is 3.42. The number of hydrogen-bond acceptors (Lipinski definition) is 6. The third-order valence-corrected chi connectivity index (χ3v) is 6.75. The molecule has 0 radical (unpaired) electrons. The van der Waals surface area contributed by atoms with Crippen LogP contribution in [-0.2, 0) is 9.53 Å². The number of rotatable bonds is 3. The van der Waals surface area contributed by atoms with E-state index >= 15 is 0 Å².